The molecule has 172 valence electrons. The topological polar surface area (TPSA) is 75.7 Å². The predicted molar refractivity (Wildman–Crippen MR) is 129 cm³/mol. The number of hydrogen-bond acceptors (Lipinski definition) is 4. The van der Waals surface area contributed by atoms with E-state index in [1.165, 1.54) is 34.1 Å². The van der Waals surface area contributed by atoms with Crippen LogP contribution in [0, 0.1) is 0 Å². The number of nitrogens with zero attached hydrogens (tertiary/aromatic N) is 1. The summed E-state index contributed by atoms with van der Waals surface area (Å²) in [7, 11) is -3.93. The van der Waals surface area contributed by atoms with E-state index < -0.39 is 16.1 Å². The summed E-state index contributed by atoms with van der Waals surface area (Å²) < 4.78 is 34.0. The maximum absolute atomic E-state index is 13.4. The van der Waals surface area contributed by atoms with Crippen molar-refractivity contribution in [3.8, 4) is 5.75 Å². The fourth-order valence-electron chi connectivity index (χ4n) is 3.73. The van der Waals surface area contributed by atoms with Crippen molar-refractivity contribution in [3.63, 3.8) is 0 Å². The van der Waals surface area contributed by atoms with Gasteiger partial charge in [-0.2, -0.15) is 0 Å². The van der Waals surface area contributed by atoms with E-state index in [0.717, 1.165) is 12.0 Å². The Morgan fingerprint density at radius 1 is 1.09 bits per heavy atom. The molecule has 1 N–H and O–H groups in total. The zero-order valence-corrected chi connectivity index (χ0v) is 19.9. The molecule has 2 atom stereocenters. The lowest BCUT2D eigenvalue weighted by molar-refractivity contribution is -0.128. The second-order valence-electron chi connectivity index (χ2n) is 7.89. The highest BCUT2D eigenvalue weighted by atomic mass is 35.5. The fraction of sp³-hybridized carbons (Fsp3) is 0.240. The van der Waals surface area contributed by atoms with Gasteiger partial charge in [0.2, 0.25) is 0 Å². The molecule has 1 aliphatic rings. The maximum atomic E-state index is 13.4. The molecule has 8 heteroatoms. The number of ether oxygens (including phenoxy) is 1. The molecule has 1 amide bonds. The monoisotopic (exact) mass is 484 g/mol. The number of rotatable bonds is 6. The molecule has 4 rings (SSSR count). The van der Waals surface area contributed by atoms with Crippen molar-refractivity contribution >= 4 is 33.2 Å². The Morgan fingerprint density at radius 2 is 1.76 bits per heavy atom. The van der Waals surface area contributed by atoms with E-state index in [1.807, 2.05) is 31.2 Å². The van der Waals surface area contributed by atoms with Crippen LogP contribution < -0.4 is 14.4 Å². The Hall–Kier alpha value is -3.03. The van der Waals surface area contributed by atoms with E-state index in [4.69, 9.17) is 16.3 Å². The van der Waals surface area contributed by atoms with E-state index in [-0.39, 0.29) is 23.4 Å². The highest BCUT2D eigenvalue weighted by Gasteiger charge is 2.37. The van der Waals surface area contributed by atoms with Gasteiger partial charge < -0.3 is 10.1 Å². The van der Waals surface area contributed by atoms with Crippen LogP contribution in [0.5, 0.6) is 5.75 Å². The van der Waals surface area contributed by atoms with Crippen LogP contribution in [0.1, 0.15) is 31.0 Å². The van der Waals surface area contributed by atoms with E-state index >= 15 is 0 Å². The predicted octanol–water partition coefficient (Wildman–Crippen LogP) is 4.74. The molecule has 0 aliphatic carbocycles. The number of hydrogen-bond donors (Lipinski definition) is 1. The first-order valence-corrected chi connectivity index (χ1v) is 12.5. The van der Waals surface area contributed by atoms with E-state index in [1.54, 1.807) is 24.3 Å². The van der Waals surface area contributed by atoms with Gasteiger partial charge in [0.1, 0.15) is 5.75 Å². The molecule has 0 bridgehead atoms. The molecule has 0 radical (unpaired) electrons. The van der Waals surface area contributed by atoms with Crippen LogP contribution in [-0.2, 0) is 21.2 Å². The van der Waals surface area contributed by atoms with Crippen LogP contribution in [0.2, 0.25) is 5.02 Å². The van der Waals surface area contributed by atoms with Crippen LogP contribution in [0.3, 0.4) is 0 Å². The zero-order valence-electron chi connectivity index (χ0n) is 18.4. The first-order valence-electron chi connectivity index (χ1n) is 10.7. The van der Waals surface area contributed by atoms with Gasteiger partial charge in [-0.1, -0.05) is 54.9 Å². The molecule has 0 aromatic heterocycles. The van der Waals surface area contributed by atoms with Crippen LogP contribution in [0.15, 0.2) is 77.7 Å². The Balaban J connectivity index is 1.59. The second-order valence-corrected chi connectivity index (χ2v) is 10.2. The van der Waals surface area contributed by atoms with E-state index in [0.29, 0.717) is 16.5 Å². The summed E-state index contributed by atoms with van der Waals surface area (Å²) >= 11 is 5.93. The molecule has 0 fully saturated rings. The summed E-state index contributed by atoms with van der Waals surface area (Å²) in [6, 6.07) is 20.5. The first-order chi connectivity index (χ1) is 15.8. The molecule has 33 heavy (non-hydrogen) atoms. The summed E-state index contributed by atoms with van der Waals surface area (Å²) in [5.74, 6) is -0.0470. The molecular weight excluding hydrogens is 460 g/mol. The maximum Gasteiger partial charge on any atom is 0.264 e. The Bertz CT molecular complexity index is 1240. The highest BCUT2D eigenvalue weighted by Crippen LogP contribution is 2.37. The van der Waals surface area contributed by atoms with Crippen molar-refractivity contribution in [2.45, 2.75) is 37.3 Å². The van der Waals surface area contributed by atoms with Crippen molar-refractivity contribution in [1.82, 2.24) is 5.32 Å². The first kappa shape index (κ1) is 23.1. The van der Waals surface area contributed by atoms with Crippen LogP contribution in [0.25, 0.3) is 0 Å². The number of nitrogens with one attached hydrogen (secondary N) is 1. The summed E-state index contributed by atoms with van der Waals surface area (Å²) in [4.78, 5) is 13.2. The minimum absolute atomic E-state index is 0.0899. The normalized spacial score (nSPS) is 16.5. The largest absolute Gasteiger partial charge is 0.476 e. The Morgan fingerprint density at radius 3 is 2.42 bits per heavy atom. The lowest BCUT2D eigenvalue weighted by Gasteiger charge is -2.35. The number of sulfonamides is 1. The summed E-state index contributed by atoms with van der Waals surface area (Å²) in [6.07, 6.45) is -0.0618. The average Bonchev–Trinajstić information content (AvgIpc) is 2.83. The van der Waals surface area contributed by atoms with Gasteiger partial charge in [0.25, 0.3) is 15.9 Å². The lowest BCUT2D eigenvalue weighted by Crippen LogP contribution is -2.51. The van der Waals surface area contributed by atoms with E-state index in [9.17, 15) is 13.2 Å². The lowest BCUT2D eigenvalue weighted by atomic mass is 10.0. The average molecular weight is 485 g/mol. The second kappa shape index (κ2) is 9.45. The Labute approximate surface area is 199 Å². The minimum Gasteiger partial charge on any atom is -0.476 e. The van der Waals surface area contributed by atoms with Crippen molar-refractivity contribution in [3.05, 3.63) is 88.9 Å². The number of carbonyl (C=O) groups excluding carboxylic acids is 1. The van der Waals surface area contributed by atoms with Gasteiger partial charge >= 0.3 is 0 Å². The van der Waals surface area contributed by atoms with Gasteiger partial charge in [0.05, 0.1) is 23.2 Å². The molecule has 0 saturated heterocycles. The van der Waals surface area contributed by atoms with Crippen molar-refractivity contribution in [1.29, 1.82) is 0 Å². The summed E-state index contributed by atoms with van der Waals surface area (Å²) in [5.41, 5.74) is 2.56. The van der Waals surface area contributed by atoms with Gasteiger partial charge in [-0.25, -0.2) is 8.42 Å². The molecule has 0 saturated carbocycles. The molecule has 6 nitrogen and oxygen atoms in total. The number of anilines is 1. The third-order valence-electron chi connectivity index (χ3n) is 5.68. The Kier molecular flexibility index (Phi) is 6.63. The van der Waals surface area contributed by atoms with Gasteiger partial charge in [-0.3, -0.25) is 9.10 Å². The number of para-hydroxylation sites is 2. The van der Waals surface area contributed by atoms with Crippen LogP contribution in [0.4, 0.5) is 5.69 Å². The third-order valence-corrected chi connectivity index (χ3v) is 7.72. The summed E-state index contributed by atoms with van der Waals surface area (Å²) in [6.45, 7) is 3.83. The molecule has 0 unspecified atom stereocenters. The molecule has 3 aromatic rings. The van der Waals surface area contributed by atoms with Gasteiger partial charge in [0.15, 0.2) is 6.10 Å². The van der Waals surface area contributed by atoms with Crippen LogP contribution >= 0.6 is 11.6 Å². The van der Waals surface area contributed by atoms with Gasteiger partial charge in [0, 0.05) is 5.02 Å². The van der Waals surface area contributed by atoms with Gasteiger partial charge in [-0.15, -0.1) is 0 Å². The highest BCUT2D eigenvalue weighted by molar-refractivity contribution is 7.92. The number of amides is 1. The van der Waals surface area contributed by atoms with Crippen molar-refractivity contribution in [2.75, 3.05) is 10.8 Å². The molecule has 1 aliphatic heterocycles. The fourth-order valence-corrected chi connectivity index (χ4v) is 5.33. The summed E-state index contributed by atoms with van der Waals surface area (Å²) in [5, 5.41) is 3.39. The number of halogens is 1. The number of carbonyl (C=O) groups is 1. The molecule has 3 aromatic carbocycles. The molecular formula is C25H25ClN2O4S. The van der Waals surface area contributed by atoms with Crippen molar-refractivity contribution < 1.29 is 17.9 Å². The quantitative estimate of drug-likeness (QED) is 0.548. The molecule has 0 spiro atoms. The zero-order chi connectivity index (χ0) is 23.6. The van der Waals surface area contributed by atoms with E-state index in [2.05, 4.69) is 12.2 Å². The third kappa shape index (κ3) is 4.84. The SMILES string of the molecule is CCc1ccc([C@H](C)NC(=O)[C@H]2CN(S(=O)(=O)c3ccc(Cl)cc3)c3ccccc3O2)cc1. The minimum atomic E-state index is -3.93. The molecule has 1 heterocycles. The number of benzene rings is 3. The van der Waals surface area contributed by atoms with Crippen LogP contribution in [-0.4, -0.2) is 27.0 Å². The smallest absolute Gasteiger partial charge is 0.264 e. The van der Waals surface area contributed by atoms with Crippen molar-refractivity contribution in [2.24, 2.45) is 0 Å². The number of fused-ring (bicyclic) bond motifs is 1. The standard InChI is InChI=1S/C25H25ClN2O4S/c1-3-18-8-10-19(11-9-18)17(2)27-25(29)24-16-28(22-6-4-5-7-23(22)32-24)33(30,31)21-14-12-20(26)13-15-21/h4-15,17,24H,3,16H2,1-2H3,(H,27,29)/t17-,24+/m0/s1. The van der Waals surface area contributed by atoms with Gasteiger partial charge in [-0.05, 0) is 60.9 Å². The number of aryl methyl sites for hydroxylation is 1.